The molecule has 2 amide bonds. The molecule has 6 heteroatoms. The summed E-state index contributed by atoms with van der Waals surface area (Å²) in [6.45, 7) is 0. The molecule has 0 heterocycles. The van der Waals surface area contributed by atoms with Gasteiger partial charge in [-0.2, -0.15) is 0 Å². The van der Waals surface area contributed by atoms with E-state index in [0.29, 0.717) is 23.2 Å². The van der Waals surface area contributed by atoms with Crippen LogP contribution >= 0.6 is 0 Å². The summed E-state index contributed by atoms with van der Waals surface area (Å²) >= 11 is 0. The van der Waals surface area contributed by atoms with Gasteiger partial charge in [0.05, 0.1) is 18.4 Å². The van der Waals surface area contributed by atoms with Crippen molar-refractivity contribution in [1.29, 1.82) is 0 Å². The van der Waals surface area contributed by atoms with Crippen LogP contribution in [0.25, 0.3) is 0 Å². The number of carbonyl (C=O) groups excluding carboxylic acids is 3. The minimum absolute atomic E-state index is 0.0614. The highest BCUT2D eigenvalue weighted by Gasteiger charge is 2.13. The Morgan fingerprint density at radius 3 is 2.27 bits per heavy atom. The molecule has 1 N–H and O–H groups in total. The number of hydrogen-bond donors (Lipinski definition) is 1. The van der Waals surface area contributed by atoms with Gasteiger partial charge >= 0.3 is 5.97 Å². The molecule has 136 valence electrons. The van der Waals surface area contributed by atoms with Crippen molar-refractivity contribution < 1.29 is 19.1 Å². The summed E-state index contributed by atoms with van der Waals surface area (Å²) in [6, 6.07) is 13.9. The number of methoxy groups -OCH3 is 1. The van der Waals surface area contributed by atoms with Crippen LogP contribution in [-0.2, 0) is 16.0 Å². The Kier molecular flexibility index (Phi) is 6.49. The number of anilines is 1. The fourth-order valence-corrected chi connectivity index (χ4v) is 2.42. The standard InChI is InChI=1S/C20H22N2O4/c1-22(2)19(24)15-11-8-14(9-12-15)10-13-18(23)21-17-7-5-4-6-16(17)20(25)26-3/h4-9,11-12H,10,13H2,1-3H3,(H,21,23). The van der Waals surface area contributed by atoms with Crippen LogP contribution in [0.15, 0.2) is 48.5 Å². The molecule has 0 unspecified atom stereocenters. The number of ether oxygens (including phenoxy) is 1. The number of rotatable bonds is 6. The van der Waals surface area contributed by atoms with Crippen LogP contribution < -0.4 is 5.32 Å². The zero-order valence-corrected chi connectivity index (χ0v) is 15.1. The molecule has 0 bridgehead atoms. The number of esters is 1. The fourth-order valence-electron chi connectivity index (χ4n) is 2.42. The first-order valence-corrected chi connectivity index (χ1v) is 8.20. The summed E-state index contributed by atoms with van der Waals surface area (Å²) in [7, 11) is 4.70. The number of carbonyl (C=O) groups is 3. The smallest absolute Gasteiger partial charge is 0.339 e. The number of benzene rings is 2. The minimum atomic E-state index is -0.498. The van der Waals surface area contributed by atoms with Crippen LogP contribution in [0.3, 0.4) is 0 Å². The van der Waals surface area contributed by atoms with Gasteiger partial charge in [0, 0.05) is 26.1 Å². The van der Waals surface area contributed by atoms with E-state index in [1.165, 1.54) is 12.0 Å². The molecule has 0 fully saturated rings. The van der Waals surface area contributed by atoms with E-state index in [2.05, 4.69) is 5.32 Å². The lowest BCUT2D eigenvalue weighted by atomic mass is 10.1. The SMILES string of the molecule is COC(=O)c1ccccc1NC(=O)CCc1ccc(C(=O)N(C)C)cc1. The van der Waals surface area contributed by atoms with E-state index in [9.17, 15) is 14.4 Å². The first kappa shape index (κ1) is 19.2. The molecule has 0 aromatic heterocycles. The summed E-state index contributed by atoms with van der Waals surface area (Å²) in [5, 5.41) is 2.74. The largest absolute Gasteiger partial charge is 0.465 e. The average Bonchev–Trinajstić information content (AvgIpc) is 2.66. The van der Waals surface area contributed by atoms with Crippen molar-refractivity contribution in [2.24, 2.45) is 0 Å². The van der Waals surface area contributed by atoms with Crippen LogP contribution in [0, 0.1) is 0 Å². The van der Waals surface area contributed by atoms with Gasteiger partial charge < -0.3 is 15.0 Å². The number of nitrogens with one attached hydrogen (secondary N) is 1. The van der Waals surface area contributed by atoms with E-state index < -0.39 is 5.97 Å². The van der Waals surface area contributed by atoms with Crippen molar-refractivity contribution >= 4 is 23.5 Å². The Labute approximate surface area is 152 Å². The highest BCUT2D eigenvalue weighted by atomic mass is 16.5. The molecule has 2 rings (SSSR count). The molecule has 0 aliphatic rings. The van der Waals surface area contributed by atoms with E-state index in [1.807, 2.05) is 12.1 Å². The van der Waals surface area contributed by atoms with E-state index in [1.54, 1.807) is 50.5 Å². The van der Waals surface area contributed by atoms with Gasteiger partial charge in [-0.1, -0.05) is 24.3 Å². The lowest BCUT2D eigenvalue weighted by Gasteiger charge is -2.11. The van der Waals surface area contributed by atoms with Crippen LogP contribution in [0.4, 0.5) is 5.69 Å². The average molecular weight is 354 g/mol. The molecule has 0 atom stereocenters. The van der Waals surface area contributed by atoms with Crippen LogP contribution in [0.5, 0.6) is 0 Å². The summed E-state index contributed by atoms with van der Waals surface area (Å²) in [5.74, 6) is -0.759. The summed E-state index contributed by atoms with van der Waals surface area (Å²) < 4.78 is 4.71. The second-order valence-corrected chi connectivity index (χ2v) is 5.98. The quantitative estimate of drug-likeness (QED) is 0.810. The second-order valence-electron chi connectivity index (χ2n) is 5.98. The number of nitrogens with zero attached hydrogens (tertiary/aromatic N) is 1. The summed E-state index contributed by atoms with van der Waals surface area (Å²) in [4.78, 5) is 37.3. The first-order chi connectivity index (χ1) is 12.4. The van der Waals surface area contributed by atoms with Crippen molar-refractivity contribution in [2.45, 2.75) is 12.8 Å². The Hall–Kier alpha value is -3.15. The molecule has 0 saturated carbocycles. The van der Waals surface area contributed by atoms with Crippen molar-refractivity contribution in [1.82, 2.24) is 4.90 Å². The molecular weight excluding hydrogens is 332 g/mol. The van der Waals surface area contributed by atoms with E-state index in [-0.39, 0.29) is 18.2 Å². The molecule has 6 nitrogen and oxygen atoms in total. The molecule has 0 aliphatic heterocycles. The molecular formula is C20H22N2O4. The maximum atomic E-state index is 12.2. The maximum absolute atomic E-state index is 12.2. The predicted octanol–water partition coefficient (Wildman–Crippen LogP) is 2.75. The molecule has 2 aromatic rings. The van der Waals surface area contributed by atoms with Crippen LogP contribution in [0.1, 0.15) is 32.7 Å². The molecule has 26 heavy (non-hydrogen) atoms. The highest BCUT2D eigenvalue weighted by Crippen LogP contribution is 2.17. The van der Waals surface area contributed by atoms with Crippen molar-refractivity contribution in [3.63, 3.8) is 0 Å². The van der Waals surface area contributed by atoms with Gasteiger partial charge in [-0.25, -0.2) is 4.79 Å². The third-order valence-corrected chi connectivity index (χ3v) is 3.85. The van der Waals surface area contributed by atoms with Crippen molar-refractivity contribution in [2.75, 3.05) is 26.5 Å². The van der Waals surface area contributed by atoms with Crippen LogP contribution in [-0.4, -0.2) is 43.9 Å². The van der Waals surface area contributed by atoms with Crippen LogP contribution in [0.2, 0.25) is 0 Å². The molecule has 0 spiro atoms. The van der Waals surface area contributed by atoms with Gasteiger partial charge in [-0.05, 0) is 36.2 Å². The number of hydrogen-bond acceptors (Lipinski definition) is 4. The third kappa shape index (κ3) is 4.92. The second kappa shape index (κ2) is 8.80. The molecule has 0 aliphatic carbocycles. The minimum Gasteiger partial charge on any atom is -0.465 e. The van der Waals surface area contributed by atoms with Gasteiger partial charge in [0.25, 0.3) is 5.91 Å². The van der Waals surface area contributed by atoms with E-state index >= 15 is 0 Å². The Bertz CT molecular complexity index is 798. The Balaban J connectivity index is 1.95. The zero-order chi connectivity index (χ0) is 19.1. The lowest BCUT2D eigenvalue weighted by molar-refractivity contribution is -0.116. The van der Waals surface area contributed by atoms with E-state index in [0.717, 1.165) is 5.56 Å². The van der Waals surface area contributed by atoms with Gasteiger partial charge in [0.15, 0.2) is 0 Å². The van der Waals surface area contributed by atoms with Gasteiger partial charge in [-0.3, -0.25) is 9.59 Å². The lowest BCUT2D eigenvalue weighted by Crippen LogP contribution is -2.21. The number of aryl methyl sites for hydroxylation is 1. The summed E-state index contributed by atoms with van der Waals surface area (Å²) in [5.41, 5.74) is 2.30. The van der Waals surface area contributed by atoms with Crippen molar-refractivity contribution in [3.8, 4) is 0 Å². The summed E-state index contributed by atoms with van der Waals surface area (Å²) in [6.07, 6.45) is 0.791. The molecule has 0 radical (unpaired) electrons. The zero-order valence-electron chi connectivity index (χ0n) is 15.1. The monoisotopic (exact) mass is 354 g/mol. The fraction of sp³-hybridized carbons (Fsp3) is 0.250. The normalized spacial score (nSPS) is 10.1. The highest BCUT2D eigenvalue weighted by molar-refractivity contribution is 6.01. The number of para-hydroxylation sites is 1. The first-order valence-electron chi connectivity index (χ1n) is 8.20. The molecule has 2 aromatic carbocycles. The van der Waals surface area contributed by atoms with Gasteiger partial charge in [-0.15, -0.1) is 0 Å². The predicted molar refractivity (Wildman–Crippen MR) is 99.2 cm³/mol. The third-order valence-electron chi connectivity index (χ3n) is 3.85. The van der Waals surface area contributed by atoms with Crippen molar-refractivity contribution in [3.05, 3.63) is 65.2 Å². The van der Waals surface area contributed by atoms with Gasteiger partial charge in [0.1, 0.15) is 0 Å². The maximum Gasteiger partial charge on any atom is 0.339 e. The van der Waals surface area contributed by atoms with E-state index in [4.69, 9.17) is 4.74 Å². The Morgan fingerprint density at radius 1 is 1.00 bits per heavy atom. The molecule has 0 saturated heterocycles. The van der Waals surface area contributed by atoms with Gasteiger partial charge in [0.2, 0.25) is 5.91 Å². The topological polar surface area (TPSA) is 75.7 Å². The number of amides is 2. The Morgan fingerprint density at radius 2 is 1.65 bits per heavy atom.